The van der Waals surface area contributed by atoms with Gasteiger partial charge in [-0.15, -0.1) is 0 Å². The van der Waals surface area contributed by atoms with Gasteiger partial charge in [0, 0.05) is 18.0 Å². The number of aliphatic carboxylic acids is 1. The molecule has 0 radical (unpaired) electrons. The predicted octanol–water partition coefficient (Wildman–Crippen LogP) is 2.85. The third-order valence-corrected chi connectivity index (χ3v) is 4.87. The van der Waals surface area contributed by atoms with Crippen molar-refractivity contribution in [3.05, 3.63) is 36.2 Å². The van der Waals surface area contributed by atoms with Gasteiger partial charge >= 0.3 is 5.97 Å². The summed E-state index contributed by atoms with van der Waals surface area (Å²) in [5.41, 5.74) is 0.876. The van der Waals surface area contributed by atoms with Crippen LogP contribution in [0.15, 0.2) is 34.9 Å². The summed E-state index contributed by atoms with van der Waals surface area (Å²) in [5.74, 6) is -0.684. The van der Waals surface area contributed by atoms with Crippen molar-refractivity contribution < 1.29 is 19.2 Å². The molecule has 1 aromatic carbocycles. The molecule has 3 atom stereocenters. The number of hydrogen-bond acceptors (Lipinski definition) is 5. The monoisotopic (exact) mass is 357 g/mol. The summed E-state index contributed by atoms with van der Waals surface area (Å²) in [6.45, 7) is 2.28. The summed E-state index contributed by atoms with van der Waals surface area (Å²) < 4.78 is 5.32. The zero-order valence-corrected chi connectivity index (χ0v) is 14.7. The van der Waals surface area contributed by atoms with Crippen LogP contribution in [0, 0.1) is 11.8 Å². The second kappa shape index (κ2) is 8.12. The molecule has 3 unspecified atom stereocenters. The molecule has 1 fully saturated rings. The van der Waals surface area contributed by atoms with Crippen LogP contribution in [0.5, 0.6) is 0 Å². The topological polar surface area (TPSA) is 105 Å². The van der Waals surface area contributed by atoms with E-state index in [4.69, 9.17) is 9.63 Å². The van der Waals surface area contributed by atoms with Gasteiger partial charge in [-0.1, -0.05) is 48.8 Å². The summed E-state index contributed by atoms with van der Waals surface area (Å²) in [6.07, 6.45) is 2.57. The van der Waals surface area contributed by atoms with Crippen LogP contribution in [-0.4, -0.2) is 33.7 Å². The van der Waals surface area contributed by atoms with Crippen LogP contribution >= 0.6 is 0 Å². The smallest absolute Gasteiger partial charge is 0.306 e. The van der Waals surface area contributed by atoms with Gasteiger partial charge in [0.05, 0.1) is 11.8 Å². The van der Waals surface area contributed by atoms with Crippen molar-refractivity contribution in [3.63, 3.8) is 0 Å². The van der Waals surface area contributed by atoms with E-state index in [0.717, 1.165) is 18.4 Å². The molecule has 1 aliphatic carbocycles. The van der Waals surface area contributed by atoms with Gasteiger partial charge in [0.15, 0.2) is 0 Å². The van der Waals surface area contributed by atoms with E-state index in [0.29, 0.717) is 31.1 Å². The normalized spacial score (nSPS) is 21.1. The average molecular weight is 357 g/mol. The van der Waals surface area contributed by atoms with E-state index in [9.17, 15) is 9.59 Å². The first-order valence-electron chi connectivity index (χ1n) is 8.94. The summed E-state index contributed by atoms with van der Waals surface area (Å²) in [6, 6.07) is 9.54. The van der Waals surface area contributed by atoms with Crippen LogP contribution in [0.3, 0.4) is 0 Å². The molecule has 26 heavy (non-hydrogen) atoms. The first-order valence-corrected chi connectivity index (χ1v) is 8.94. The number of carbonyl (C=O) groups excluding carboxylic acids is 1. The van der Waals surface area contributed by atoms with E-state index in [-0.39, 0.29) is 17.7 Å². The maximum atomic E-state index is 12.4. The number of carbonyl (C=O) groups is 2. The third-order valence-electron chi connectivity index (χ3n) is 4.87. The van der Waals surface area contributed by atoms with E-state index in [1.54, 1.807) is 0 Å². The van der Waals surface area contributed by atoms with Gasteiger partial charge in [0.1, 0.15) is 0 Å². The first-order chi connectivity index (χ1) is 12.5. The molecule has 0 spiro atoms. The summed E-state index contributed by atoms with van der Waals surface area (Å²) in [7, 11) is 0. The minimum Gasteiger partial charge on any atom is -0.481 e. The van der Waals surface area contributed by atoms with Crippen LogP contribution < -0.4 is 5.32 Å². The highest BCUT2D eigenvalue weighted by atomic mass is 16.5. The second-order valence-corrected chi connectivity index (χ2v) is 6.87. The van der Waals surface area contributed by atoms with Crippen molar-refractivity contribution in [2.75, 3.05) is 6.54 Å². The Labute approximate surface area is 151 Å². The molecule has 1 aromatic heterocycles. The van der Waals surface area contributed by atoms with E-state index in [1.165, 1.54) is 0 Å². The molecule has 3 rings (SSSR count). The zero-order chi connectivity index (χ0) is 18.5. The number of benzene rings is 1. The molecule has 2 aromatic rings. The number of nitrogens with one attached hydrogen (secondary N) is 1. The van der Waals surface area contributed by atoms with Gasteiger partial charge in [0.2, 0.25) is 17.6 Å². The lowest BCUT2D eigenvalue weighted by molar-refractivity contribution is -0.144. The number of hydrogen-bond donors (Lipinski definition) is 2. The Morgan fingerprint density at radius 2 is 2.00 bits per heavy atom. The number of carboxylic acid groups (broad SMARTS) is 1. The standard InChI is InChI=1S/C19H23N3O4/c1-12(18-21-16(22-26-18)13-6-3-2-4-7-13)11-20-17(23)14-8-5-9-15(10-14)19(24)25/h2-4,6-7,12,14-15H,5,8-11H2,1H3,(H,20,23)(H,24,25). The molecule has 2 N–H and O–H groups in total. The van der Waals surface area contributed by atoms with E-state index < -0.39 is 11.9 Å². The van der Waals surface area contributed by atoms with Crippen molar-refractivity contribution in [1.29, 1.82) is 0 Å². The summed E-state index contributed by atoms with van der Waals surface area (Å²) in [5, 5.41) is 16.0. The van der Waals surface area contributed by atoms with Crippen LogP contribution in [0.1, 0.15) is 44.4 Å². The highest BCUT2D eigenvalue weighted by Crippen LogP contribution is 2.29. The Bertz CT molecular complexity index is 759. The Morgan fingerprint density at radius 1 is 1.27 bits per heavy atom. The molecule has 1 heterocycles. The maximum absolute atomic E-state index is 12.4. The fourth-order valence-electron chi connectivity index (χ4n) is 3.28. The molecular weight excluding hydrogens is 334 g/mol. The fraction of sp³-hybridized carbons (Fsp3) is 0.474. The fourth-order valence-corrected chi connectivity index (χ4v) is 3.28. The van der Waals surface area contributed by atoms with Gasteiger partial charge in [-0.2, -0.15) is 4.98 Å². The third kappa shape index (κ3) is 4.28. The van der Waals surface area contributed by atoms with E-state index in [2.05, 4.69) is 15.5 Å². The number of rotatable bonds is 6. The van der Waals surface area contributed by atoms with Crippen LogP contribution in [0.25, 0.3) is 11.4 Å². The zero-order valence-electron chi connectivity index (χ0n) is 14.7. The van der Waals surface area contributed by atoms with E-state index in [1.807, 2.05) is 37.3 Å². The van der Waals surface area contributed by atoms with Crippen molar-refractivity contribution in [1.82, 2.24) is 15.5 Å². The maximum Gasteiger partial charge on any atom is 0.306 e. The molecule has 1 amide bonds. The van der Waals surface area contributed by atoms with Crippen LogP contribution in [0.4, 0.5) is 0 Å². The van der Waals surface area contributed by atoms with Crippen molar-refractivity contribution in [2.24, 2.45) is 11.8 Å². The number of carboxylic acids is 1. The quantitative estimate of drug-likeness (QED) is 0.823. The van der Waals surface area contributed by atoms with Crippen molar-refractivity contribution in [2.45, 2.75) is 38.5 Å². The molecule has 0 saturated heterocycles. The number of amides is 1. The molecule has 138 valence electrons. The highest BCUT2D eigenvalue weighted by molar-refractivity contribution is 5.80. The Kier molecular flexibility index (Phi) is 5.65. The molecule has 1 saturated carbocycles. The Hall–Kier alpha value is -2.70. The lowest BCUT2D eigenvalue weighted by Crippen LogP contribution is -2.37. The molecular formula is C19H23N3O4. The second-order valence-electron chi connectivity index (χ2n) is 6.87. The molecule has 0 bridgehead atoms. The molecule has 7 nitrogen and oxygen atoms in total. The number of nitrogens with zero attached hydrogens (tertiary/aromatic N) is 2. The Balaban J connectivity index is 1.54. The van der Waals surface area contributed by atoms with Crippen LogP contribution in [0.2, 0.25) is 0 Å². The minimum atomic E-state index is -0.810. The van der Waals surface area contributed by atoms with Gasteiger partial charge in [-0.05, 0) is 19.3 Å². The first kappa shape index (κ1) is 18.1. The van der Waals surface area contributed by atoms with Gasteiger partial charge < -0.3 is 14.9 Å². The van der Waals surface area contributed by atoms with Gasteiger partial charge in [0.25, 0.3) is 0 Å². The van der Waals surface area contributed by atoms with E-state index >= 15 is 0 Å². The molecule has 1 aliphatic rings. The van der Waals surface area contributed by atoms with Crippen molar-refractivity contribution in [3.8, 4) is 11.4 Å². The predicted molar refractivity (Wildman–Crippen MR) is 94.2 cm³/mol. The SMILES string of the molecule is CC(CNC(=O)C1CCCC(C(=O)O)C1)c1nc(-c2ccccc2)no1. The largest absolute Gasteiger partial charge is 0.481 e. The summed E-state index contributed by atoms with van der Waals surface area (Å²) in [4.78, 5) is 27.9. The lowest BCUT2D eigenvalue weighted by Gasteiger charge is -2.26. The van der Waals surface area contributed by atoms with Crippen LogP contribution in [-0.2, 0) is 9.59 Å². The lowest BCUT2D eigenvalue weighted by atomic mass is 9.81. The van der Waals surface area contributed by atoms with Gasteiger partial charge in [-0.25, -0.2) is 0 Å². The Morgan fingerprint density at radius 3 is 2.73 bits per heavy atom. The van der Waals surface area contributed by atoms with Crippen molar-refractivity contribution >= 4 is 11.9 Å². The van der Waals surface area contributed by atoms with Gasteiger partial charge in [-0.3, -0.25) is 9.59 Å². The minimum absolute atomic E-state index is 0.0920. The molecule has 7 heteroatoms. The number of aromatic nitrogens is 2. The highest BCUT2D eigenvalue weighted by Gasteiger charge is 2.31. The summed E-state index contributed by atoms with van der Waals surface area (Å²) >= 11 is 0. The molecule has 0 aliphatic heterocycles. The average Bonchev–Trinajstić information content (AvgIpc) is 3.17.